The van der Waals surface area contributed by atoms with Crippen molar-refractivity contribution in [1.29, 1.82) is 0 Å². The normalized spacial score (nSPS) is 12.4. The minimum absolute atomic E-state index is 0.127. The van der Waals surface area contributed by atoms with Crippen molar-refractivity contribution < 1.29 is 26.3 Å². The highest BCUT2D eigenvalue weighted by atomic mass is 19.4. The number of aryl methyl sites for hydroxylation is 4. The zero-order chi connectivity index (χ0) is 36.9. The lowest BCUT2D eigenvalue weighted by molar-refractivity contribution is -0.138. The standard InChI is InChI=1S/C43H29F6N3/c1-23-11-6-17-30-36(23)37-24(2)12-7-18-31(37)51(30)34-21-27(42(44,45)46)22-35(41(34)40-28(43(47,48)49)15-10-16-29(40)50-5)52-32-19-8-13-25(3)38(32)39-26(4)14-9-20-33(39)52/h6-22H,1-4H3. The van der Waals surface area contributed by atoms with E-state index < -0.39 is 29.0 Å². The van der Waals surface area contributed by atoms with Crippen LogP contribution in [0.5, 0.6) is 0 Å². The fourth-order valence-corrected chi connectivity index (χ4v) is 7.95. The van der Waals surface area contributed by atoms with E-state index in [1.807, 2.05) is 52.0 Å². The van der Waals surface area contributed by atoms with Crippen molar-refractivity contribution in [3.8, 4) is 22.5 Å². The van der Waals surface area contributed by atoms with Gasteiger partial charge in [0.25, 0.3) is 0 Å². The van der Waals surface area contributed by atoms with E-state index in [0.29, 0.717) is 22.1 Å². The second-order valence-corrected chi connectivity index (χ2v) is 13.2. The van der Waals surface area contributed by atoms with E-state index in [4.69, 9.17) is 6.57 Å². The highest BCUT2D eigenvalue weighted by molar-refractivity contribution is 6.15. The number of fused-ring (bicyclic) bond motifs is 6. The summed E-state index contributed by atoms with van der Waals surface area (Å²) in [6.07, 6.45) is -9.83. The molecule has 0 radical (unpaired) electrons. The van der Waals surface area contributed by atoms with E-state index in [0.717, 1.165) is 68.1 Å². The van der Waals surface area contributed by atoms with E-state index in [-0.39, 0.29) is 22.6 Å². The predicted octanol–water partition coefficient (Wildman–Crippen LogP) is 13.4. The molecule has 0 aliphatic rings. The van der Waals surface area contributed by atoms with Crippen LogP contribution in [-0.4, -0.2) is 9.13 Å². The summed E-state index contributed by atoms with van der Waals surface area (Å²) in [5.74, 6) is 0. The summed E-state index contributed by atoms with van der Waals surface area (Å²) in [4.78, 5) is 3.55. The van der Waals surface area contributed by atoms with Crippen LogP contribution in [0.15, 0.2) is 103 Å². The Labute approximate surface area is 294 Å². The molecule has 9 heteroatoms. The Bertz CT molecular complexity index is 2560. The number of halogens is 6. The first kappa shape index (κ1) is 33.2. The van der Waals surface area contributed by atoms with Gasteiger partial charge in [-0.05, 0) is 86.3 Å². The third-order valence-corrected chi connectivity index (χ3v) is 10.1. The topological polar surface area (TPSA) is 14.2 Å². The Morgan fingerprint density at radius 3 is 1.17 bits per heavy atom. The van der Waals surface area contributed by atoms with E-state index in [2.05, 4.69) is 4.85 Å². The van der Waals surface area contributed by atoms with Crippen molar-refractivity contribution >= 4 is 49.3 Å². The van der Waals surface area contributed by atoms with Crippen LogP contribution in [-0.2, 0) is 12.4 Å². The molecule has 0 aliphatic heterocycles. The number of rotatable bonds is 3. The maximum atomic E-state index is 15.2. The van der Waals surface area contributed by atoms with Crippen molar-refractivity contribution in [3.05, 3.63) is 148 Å². The quantitative estimate of drug-likeness (QED) is 0.129. The smallest absolute Gasteiger partial charge is 0.309 e. The maximum absolute atomic E-state index is 15.2. The average Bonchev–Trinajstić information content (AvgIpc) is 3.62. The number of aromatic nitrogens is 2. The fraction of sp³-hybridized carbons (Fsp3) is 0.140. The molecule has 8 aromatic rings. The van der Waals surface area contributed by atoms with E-state index >= 15 is 26.3 Å². The Morgan fingerprint density at radius 2 is 0.846 bits per heavy atom. The molecule has 0 N–H and O–H groups in total. The first-order valence-electron chi connectivity index (χ1n) is 16.5. The van der Waals surface area contributed by atoms with Crippen LogP contribution < -0.4 is 0 Å². The molecular weight excluding hydrogens is 672 g/mol. The Kier molecular flexibility index (Phi) is 7.33. The summed E-state index contributed by atoms with van der Waals surface area (Å²) in [5.41, 5.74) is 2.15. The molecule has 0 fully saturated rings. The number of nitrogens with zero attached hydrogens (tertiary/aromatic N) is 3. The van der Waals surface area contributed by atoms with E-state index in [9.17, 15) is 0 Å². The van der Waals surface area contributed by atoms with Gasteiger partial charge in [0.2, 0.25) is 0 Å². The number of hydrogen-bond acceptors (Lipinski definition) is 0. The lowest BCUT2D eigenvalue weighted by atomic mass is 9.92. The Balaban J connectivity index is 1.72. The first-order valence-corrected chi connectivity index (χ1v) is 16.5. The third kappa shape index (κ3) is 4.81. The summed E-state index contributed by atoms with van der Waals surface area (Å²) in [5, 5.41) is 3.10. The van der Waals surface area contributed by atoms with Crippen LogP contribution in [0, 0.1) is 34.3 Å². The summed E-state index contributed by atoms with van der Waals surface area (Å²) >= 11 is 0. The molecule has 6 aromatic carbocycles. The van der Waals surface area contributed by atoms with Gasteiger partial charge in [0, 0.05) is 32.7 Å². The molecule has 258 valence electrons. The second-order valence-electron chi connectivity index (χ2n) is 13.2. The minimum Gasteiger partial charge on any atom is -0.309 e. The van der Waals surface area contributed by atoms with Gasteiger partial charge in [-0.2, -0.15) is 26.3 Å². The monoisotopic (exact) mass is 701 g/mol. The van der Waals surface area contributed by atoms with Crippen molar-refractivity contribution in [2.45, 2.75) is 40.0 Å². The van der Waals surface area contributed by atoms with E-state index in [1.54, 1.807) is 57.7 Å². The minimum atomic E-state index is -4.95. The van der Waals surface area contributed by atoms with Crippen molar-refractivity contribution in [1.82, 2.24) is 9.13 Å². The fourth-order valence-electron chi connectivity index (χ4n) is 7.95. The number of benzene rings is 6. The van der Waals surface area contributed by atoms with Crippen LogP contribution in [0.1, 0.15) is 33.4 Å². The summed E-state index contributed by atoms with van der Waals surface area (Å²) in [7, 11) is 0. The predicted molar refractivity (Wildman–Crippen MR) is 196 cm³/mol. The summed E-state index contributed by atoms with van der Waals surface area (Å²) in [6.45, 7) is 15.7. The molecule has 2 aromatic heterocycles. The highest BCUT2D eigenvalue weighted by Gasteiger charge is 2.39. The molecule has 52 heavy (non-hydrogen) atoms. The SMILES string of the molecule is [C-]#[N+]c1cccc(C(F)(F)F)c1-c1c(-n2c3cccc(C)c3c3c(C)cccc32)cc(C(F)(F)F)cc1-n1c2cccc(C)c2c2c(C)cccc21. The second kappa shape index (κ2) is 11.5. The maximum Gasteiger partial charge on any atom is 0.416 e. The van der Waals surface area contributed by atoms with Crippen molar-refractivity contribution in [2.24, 2.45) is 0 Å². The summed E-state index contributed by atoms with van der Waals surface area (Å²) < 4.78 is 94.6. The molecule has 0 spiro atoms. The lowest BCUT2D eigenvalue weighted by Crippen LogP contribution is -2.13. The van der Waals surface area contributed by atoms with Crippen LogP contribution in [0.25, 0.3) is 71.0 Å². The Morgan fingerprint density at radius 1 is 0.481 bits per heavy atom. The van der Waals surface area contributed by atoms with Crippen LogP contribution in [0.4, 0.5) is 32.0 Å². The van der Waals surface area contributed by atoms with Crippen molar-refractivity contribution in [2.75, 3.05) is 0 Å². The third-order valence-electron chi connectivity index (χ3n) is 10.1. The molecule has 3 nitrogen and oxygen atoms in total. The molecule has 0 aliphatic carbocycles. The van der Waals surface area contributed by atoms with Gasteiger partial charge in [0.15, 0.2) is 5.69 Å². The molecule has 2 heterocycles. The molecular formula is C43H29F6N3. The lowest BCUT2D eigenvalue weighted by Gasteiger charge is -2.25. The Hall–Kier alpha value is -6.01. The van der Waals surface area contributed by atoms with Gasteiger partial charge in [-0.25, -0.2) is 4.85 Å². The van der Waals surface area contributed by atoms with Crippen molar-refractivity contribution in [3.63, 3.8) is 0 Å². The van der Waals surface area contributed by atoms with Crippen LogP contribution in [0.2, 0.25) is 0 Å². The van der Waals surface area contributed by atoms with Gasteiger partial charge < -0.3 is 9.13 Å². The van der Waals surface area contributed by atoms with Crippen LogP contribution in [0.3, 0.4) is 0 Å². The molecule has 0 saturated carbocycles. The summed E-state index contributed by atoms with van der Waals surface area (Å²) in [6, 6.07) is 27.0. The molecule has 0 atom stereocenters. The van der Waals surface area contributed by atoms with Gasteiger partial charge in [0.1, 0.15) is 0 Å². The number of alkyl halides is 6. The molecule has 0 saturated heterocycles. The van der Waals surface area contributed by atoms with Gasteiger partial charge in [0.05, 0.1) is 51.1 Å². The van der Waals surface area contributed by atoms with E-state index in [1.165, 1.54) is 6.07 Å². The largest absolute Gasteiger partial charge is 0.416 e. The first-order chi connectivity index (χ1) is 24.7. The van der Waals surface area contributed by atoms with Gasteiger partial charge in [-0.3, -0.25) is 0 Å². The molecule has 0 unspecified atom stereocenters. The number of hydrogen-bond donors (Lipinski definition) is 0. The highest BCUT2D eigenvalue weighted by Crippen LogP contribution is 2.51. The van der Waals surface area contributed by atoms with Gasteiger partial charge >= 0.3 is 12.4 Å². The molecule has 0 bridgehead atoms. The van der Waals surface area contributed by atoms with Gasteiger partial charge in [-0.15, -0.1) is 0 Å². The zero-order valence-corrected chi connectivity index (χ0v) is 28.4. The molecule has 8 rings (SSSR count). The molecule has 0 amide bonds. The average molecular weight is 702 g/mol. The van der Waals surface area contributed by atoms with Crippen LogP contribution >= 0.6 is 0 Å². The van der Waals surface area contributed by atoms with Gasteiger partial charge in [-0.1, -0.05) is 66.7 Å². The zero-order valence-electron chi connectivity index (χ0n) is 28.4.